The van der Waals surface area contributed by atoms with E-state index in [1.165, 1.54) is 0 Å². The predicted molar refractivity (Wildman–Crippen MR) is 53.8 cm³/mol. The Hall–Kier alpha value is -0.870. The fourth-order valence-corrected chi connectivity index (χ4v) is 1.75. The van der Waals surface area contributed by atoms with Crippen LogP contribution in [0.15, 0.2) is 12.5 Å². The molecule has 0 bridgehead atoms. The largest absolute Gasteiger partial charge is 0.377 e. The molecule has 1 saturated heterocycles. The molecular weight excluding hydrogens is 178 g/mol. The van der Waals surface area contributed by atoms with Crippen molar-refractivity contribution in [1.82, 2.24) is 15.3 Å². The molecule has 14 heavy (non-hydrogen) atoms. The molecule has 3 atom stereocenters. The maximum absolute atomic E-state index is 5.56. The molecule has 3 unspecified atom stereocenters. The fraction of sp³-hybridized carbons (Fsp3) is 0.700. The molecule has 2 rings (SSSR count). The summed E-state index contributed by atoms with van der Waals surface area (Å²) in [4.78, 5) is 7.05. The van der Waals surface area contributed by atoms with Crippen molar-refractivity contribution in [2.45, 2.75) is 32.5 Å². The van der Waals surface area contributed by atoms with Gasteiger partial charge in [0, 0.05) is 24.5 Å². The molecule has 78 valence electrons. The molecule has 1 aliphatic rings. The van der Waals surface area contributed by atoms with Crippen LogP contribution in [0, 0.1) is 5.92 Å². The van der Waals surface area contributed by atoms with Crippen LogP contribution in [0.25, 0.3) is 0 Å². The summed E-state index contributed by atoms with van der Waals surface area (Å²) in [7, 11) is 0. The minimum absolute atomic E-state index is 0.370. The average Bonchev–Trinajstić information content (AvgIpc) is 2.77. The predicted octanol–water partition coefficient (Wildman–Crippen LogP) is 0.923. The SMILES string of the molecule is CC1OCC(NCc2cnc[nH]2)C1C. The number of imidazole rings is 1. The molecule has 0 saturated carbocycles. The van der Waals surface area contributed by atoms with Gasteiger partial charge >= 0.3 is 0 Å². The second-order valence-electron chi connectivity index (χ2n) is 3.96. The van der Waals surface area contributed by atoms with E-state index in [0.29, 0.717) is 18.1 Å². The third-order valence-corrected chi connectivity index (χ3v) is 3.02. The van der Waals surface area contributed by atoms with Crippen LogP contribution in [-0.2, 0) is 11.3 Å². The van der Waals surface area contributed by atoms with Crippen LogP contribution in [-0.4, -0.2) is 28.7 Å². The second kappa shape index (κ2) is 4.11. The van der Waals surface area contributed by atoms with E-state index in [0.717, 1.165) is 18.8 Å². The molecule has 1 aliphatic heterocycles. The normalized spacial score (nSPS) is 32.3. The minimum Gasteiger partial charge on any atom is -0.377 e. The van der Waals surface area contributed by atoms with Gasteiger partial charge in [0.2, 0.25) is 0 Å². The van der Waals surface area contributed by atoms with Gasteiger partial charge in [-0.3, -0.25) is 0 Å². The number of nitrogens with zero attached hydrogens (tertiary/aromatic N) is 1. The summed E-state index contributed by atoms with van der Waals surface area (Å²) in [5.74, 6) is 0.581. The fourth-order valence-electron chi connectivity index (χ4n) is 1.75. The molecule has 1 aromatic heterocycles. The Morgan fingerprint density at radius 1 is 1.64 bits per heavy atom. The van der Waals surface area contributed by atoms with Gasteiger partial charge in [-0.25, -0.2) is 4.98 Å². The molecule has 4 nitrogen and oxygen atoms in total. The summed E-state index contributed by atoms with van der Waals surface area (Å²) in [6.45, 7) is 6.01. The molecule has 2 N–H and O–H groups in total. The van der Waals surface area contributed by atoms with Crippen molar-refractivity contribution >= 4 is 0 Å². The third kappa shape index (κ3) is 1.96. The maximum Gasteiger partial charge on any atom is 0.0922 e. The van der Waals surface area contributed by atoms with Crippen LogP contribution in [0.3, 0.4) is 0 Å². The smallest absolute Gasteiger partial charge is 0.0922 e. The Morgan fingerprint density at radius 2 is 2.50 bits per heavy atom. The first-order chi connectivity index (χ1) is 6.77. The van der Waals surface area contributed by atoms with Crippen molar-refractivity contribution in [1.29, 1.82) is 0 Å². The van der Waals surface area contributed by atoms with Crippen LogP contribution >= 0.6 is 0 Å². The zero-order valence-corrected chi connectivity index (χ0v) is 8.66. The highest BCUT2D eigenvalue weighted by Gasteiger charge is 2.30. The Bertz CT molecular complexity index is 273. The van der Waals surface area contributed by atoms with Crippen molar-refractivity contribution in [3.05, 3.63) is 18.2 Å². The zero-order chi connectivity index (χ0) is 9.97. The molecule has 0 aliphatic carbocycles. The number of aromatic nitrogens is 2. The van der Waals surface area contributed by atoms with E-state index in [-0.39, 0.29) is 0 Å². The summed E-state index contributed by atoms with van der Waals surface area (Å²) in [5.41, 5.74) is 1.12. The lowest BCUT2D eigenvalue weighted by molar-refractivity contribution is 0.108. The Balaban J connectivity index is 1.81. The zero-order valence-electron chi connectivity index (χ0n) is 8.66. The van der Waals surface area contributed by atoms with E-state index in [1.807, 2.05) is 6.20 Å². The standard InChI is InChI=1S/C10H17N3O/c1-7-8(2)14-5-10(7)12-4-9-3-11-6-13-9/h3,6-8,10,12H,4-5H2,1-2H3,(H,11,13). The first-order valence-electron chi connectivity index (χ1n) is 5.09. The van der Waals surface area contributed by atoms with E-state index >= 15 is 0 Å². The topological polar surface area (TPSA) is 49.9 Å². The van der Waals surface area contributed by atoms with Gasteiger partial charge < -0.3 is 15.0 Å². The molecule has 1 aromatic rings. The van der Waals surface area contributed by atoms with Gasteiger partial charge in [0.1, 0.15) is 0 Å². The molecular formula is C10H17N3O. The summed E-state index contributed by atoms with van der Waals surface area (Å²) in [5, 5.41) is 3.47. The number of ether oxygens (including phenoxy) is 1. The van der Waals surface area contributed by atoms with Gasteiger partial charge in [0.15, 0.2) is 0 Å². The summed E-state index contributed by atoms with van der Waals surface area (Å²) in [6, 6.07) is 0.466. The van der Waals surface area contributed by atoms with Gasteiger partial charge in [-0.2, -0.15) is 0 Å². The molecule has 0 aromatic carbocycles. The molecule has 1 fully saturated rings. The van der Waals surface area contributed by atoms with Gasteiger partial charge in [-0.1, -0.05) is 6.92 Å². The number of aromatic amines is 1. The van der Waals surface area contributed by atoms with Gasteiger partial charge in [0.25, 0.3) is 0 Å². The molecule has 0 amide bonds. The van der Waals surface area contributed by atoms with E-state index in [1.54, 1.807) is 6.33 Å². The number of hydrogen-bond donors (Lipinski definition) is 2. The number of H-pyrrole nitrogens is 1. The van der Waals surface area contributed by atoms with Gasteiger partial charge in [-0.15, -0.1) is 0 Å². The van der Waals surface area contributed by atoms with Crippen molar-refractivity contribution < 1.29 is 4.74 Å². The van der Waals surface area contributed by atoms with Crippen molar-refractivity contribution in [3.8, 4) is 0 Å². The summed E-state index contributed by atoms with van der Waals surface area (Å²) < 4.78 is 5.56. The Kier molecular flexibility index (Phi) is 2.84. The van der Waals surface area contributed by atoms with E-state index in [2.05, 4.69) is 29.1 Å². The van der Waals surface area contributed by atoms with Crippen LogP contribution in [0.2, 0.25) is 0 Å². The molecule has 0 radical (unpaired) electrons. The number of nitrogens with one attached hydrogen (secondary N) is 2. The van der Waals surface area contributed by atoms with Crippen molar-refractivity contribution in [2.75, 3.05) is 6.61 Å². The van der Waals surface area contributed by atoms with Crippen molar-refractivity contribution in [2.24, 2.45) is 5.92 Å². The second-order valence-corrected chi connectivity index (χ2v) is 3.96. The monoisotopic (exact) mass is 195 g/mol. The van der Waals surface area contributed by atoms with Crippen molar-refractivity contribution in [3.63, 3.8) is 0 Å². The quantitative estimate of drug-likeness (QED) is 0.754. The Morgan fingerprint density at radius 3 is 3.07 bits per heavy atom. The first kappa shape index (κ1) is 9.68. The first-order valence-corrected chi connectivity index (χ1v) is 5.09. The van der Waals surface area contributed by atoms with Gasteiger partial charge in [-0.05, 0) is 12.8 Å². The molecule has 2 heterocycles. The van der Waals surface area contributed by atoms with E-state index < -0.39 is 0 Å². The van der Waals surface area contributed by atoms with E-state index in [9.17, 15) is 0 Å². The van der Waals surface area contributed by atoms with Crippen LogP contribution in [0.4, 0.5) is 0 Å². The van der Waals surface area contributed by atoms with Crippen LogP contribution < -0.4 is 5.32 Å². The lowest BCUT2D eigenvalue weighted by atomic mass is 10.0. The lowest BCUT2D eigenvalue weighted by Gasteiger charge is -2.16. The molecule has 4 heteroatoms. The van der Waals surface area contributed by atoms with Gasteiger partial charge in [0.05, 0.1) is 19.0 Å². The Labute approximate surface area is 84.1 Å². The number of rotatable bonds is 3. The maximum atomic E-state index is 5.56. The highest BCUT2D eigenvalue weighted by molar-refractivity contribution is 4.95. The minimum atomic E-state index is 0.370. The number of hydrogen-bond acceptors (Lipinski definition) is 3. The highest BCUT2D eigenvalue weighted by atomic mass is 16.5. The highest BCUT2D eigenvalue weighted by Crippen LogP contribution is 2.20. The van der Waals surface area contributed by atoms with E-state index in [4.69, 9.17) is 4.74 Å². The van der Waals surface area contributed by atoms with Crippen LogP contribution in [0.1, 0.15) is 19.5 Å². The summed E-state index contributed by atoms with van der Waals surface area (Å²) in [6.07, 6.45) is 3.92. The lowest BCUT2D eigenvalue weighted by Crippen LogP contribution is -2.34. The molecule has 0 spiro atoms. The average molecular weight is 195 g/mol. The third-order valence-electron chi connectivity index (χ3n) is 3.02. The summed E-state index contributed by atoms with van der Waals surface area (Å²) >= 11 is 0. The van der Waals surface area contributed by atoms with Crippen LogP contribution in [0.5, 0.6) is 0 Å².